The van der Waals surface area contributed by atoms with Gasteiger partial charge in [-0.3, -0.25) is 0 Å². The van der Waals surface area contributed by atoms with E-state index in [9.17, 15) is 15.3 Å². The fraction of sp³-hybridized carbons (Fsp3) is 0.577. The van der Waals surface area contributed by atoms with Crippen molar-refractivity contribution in [3.05, 3.63) is 22.7 Å². The van der Waals surface area contributed by atoms with Crippen molar-refractivity contribution in [2.45, 2.75) is 57.7 Å². The van der Waals surface area contributed by atoms with Gasteiger partial charge in [0.25, 0.3) is 0 Å². The molecule has 2 fully saturated rings. The first kappa shape index (κ1) is 26.7. The van der Waals surface area contributed by atoms with Gasteiger partial charge in [0.1, 0.15) is 24.1 Å². The predicted octanol–water partition coefficient (Wildman–Crippen LogP) is 3.97. The molecule has 2 saturated heterocycles. The first-order chi connectivity index (χ1) is 17.6. The molecule has 2 aliphatic heterocycles. The van der Waals surface area contributed by atoms with Crippen LogP contribution in [0.25, 0.3) is 10.9 Å². The Morgan fingerprint density at radius 1 is 1.19 bits per heavy atom. The van der Waals surface area contributed by atoms with Crippen LogP contribution in [0.5, 0.6) is 6.01 Å². The van der Waals surface area contributed by atoms with Crippen molar-refractivity contribution in [2.24, 2.45) is 0 Å². The Hall–Kier alpha value is -3.34. The number of benzene rings is 1. The lowest BCUT2D eigenvalue weighted by Gasteiger charge is -2.41. The molecule has 0 N–H and O–H groups in total. The van der Waals surface area contributed by atoms with Crippen LogP contribution in [0.1, 0.15) is 45.6 Å². The topological polar surface area (TPSA) is 119 Å². The highest BCUT2D eigenvalue weighted by molar-refractivity contribution is 6.32. The van der Waals surface area contributed by atoms with Crippen LogP contribution in [0.2, 0.25) is 5.02 Å². The second-order valence-corrected chi connectivity index (χ2v) is 10.9. The van der Waals surface area contributed by atoms with E-state index in [4.69, 9.17) is 26.1 Å². The molecule has 1 aromatic carbocycles. The third-order valence-electron chi connectivity index (χ3n) is 6.68. The highest BCUT2D eigenvalue weighted by atomic mass is 35.5. The van der Waals surface area contributed by atoms with Gasteiger partial charge < -0.3 is 24.2 Å². The summed E-state index contributed by atoms with van der Waals surface area (Å²) in [6.07, 6.45) is 1.88. The summed E-state index contributed by atoms with van der Waals surface area (Å²) >= 11 is 6.33. The number of carbonyl (C=O) groups is 1. The van der Waals surface area contributed by atoms with Crippen LogP contribution >= 0.6 is 11.6 Å². The summed E-state index contributed by atoms with van der Waals surface area (Å²) in [6, 6.07) is 7.77. The maximum absolute atomic E-state index is 12.8. The number of likely N-dealkylation sites (N-methyl/N-ethyl adjacent to an activating group) is 1. The summed E-state index contributed by atoms with van der Waals surface area (Å²) in [5.74, 6) is 0.583. The van der Waals surface area contributed by atoms with Gasteiger partial charge in [0, 0.05) is 31.1 Å². The summed E-state index contributed by atoms with van der Waals surface area (Å²) < 4.78 is 11.6. The van der Waals surface area contributed by atoms with Gasteiger partial charge in [0.2, 0.25) is 0 Å². The van der Waals surface area contributed by atoms with Gasteiger partial charge in [-0.2, -0.15) is 20.5 Å². The van der Waals surface area contributed by atoms with Crippen molar-refractivity contribution in [1.29, 1.82) is 10.5 Å². The number of aromatic nitrogens is 2. The van der Waals surface area contributed by atoms with E-state index < -0.39 is 17.7 Å². The van der Waals surface area contributed by atoms with Crippen molar-refractivity contribution in [2.75, 3.05) is 44.7 Å². The van der Waals surface area contributed by atoms with E-state index in [0.717, 1.165) is 19.4 Å². The van der Waals surface area contributed by atoms with Crippen LogP contribution in [0.15, 0.2) is 12.1 Å². The monoisotopic (exact) mass is 525 g/mol. The summed E-state index contributed by atoms with van der Waals surface area (Å²) in [5, 5.41) is 20.0. The first-order valence-corrected chi connectivity index (χ1v) is 12.8. The summed E-state index contributed by atoms with van der Waals surface area (Å²) in [5.41, 5.74) is 0.248. The Bertz CT molecular complexity index is 1250. The second kappa shape index (κ2) is 11.0. The molecule has 2 aliphatic rings. The number of hydrogen-bond acceptors (Lipinski definition) is 9. The highest BCUT2D eigenvalue weighted by Gasteiger charge is 2.34. The largest absolute Gasteiger partial charge is 0.462 e. The zero-order chi connectivity index (χ0) is 26.7. The van der Waals surface area contributed by atoms with E-state index in [0.29, 0.717) is 59.6 Å². The number of halogens is 1. The van der Waals surface area contributed by atoms with Crippen molar-refractivity contribution >= 4 is 34.4 Å². The van der Waals surface area contributed by atoms with E-state index >= 15 is 0 Å². The Kier molecular flexibility index (Phi) is 7.91. The Morgan fingerprint density at radius 2 is 1.97 bits per heavy atom. The molecular formula is C26H32ClN7O3. The van der Waals surface area contributed by atoms with Gasteiger partial charge in [-0.05, 0) is 59.3 Å². The number of hydrogen-bond donors (Lipinski definition) is 0. The average Bonchev–Trinajstić information content (AvgIpc) is 3.25. The fourth-order valence-corrected chi connectivity index (χ4v) is 4.95. The highest BCUT2D eigenvalue weighted by Crippen LogP contribution is 2.32. The van der Waals surface area contributed by atoms with Crippen LogP contribution in [-0.2, 0) is 4.74 Å². The maximum Gasteiger partial charge on any atom is 0.410 e. The molecule has 1 aromatic heterocycles. The molecule has 1 amide bonds. The molecule has 3 heterocycles. The molecule has 2 atom stereocenters. The molecule has 0 aliphatic carbocycles. The van der Waals surface area contributed by atoms with E-state index in [2.05, 4.69) is 29.1 Å². The molecule has 10 nitrogen and oxygen atoms in total. The number of carbonyl (C=O) groups excluding carboxylic acids is 1. The lowest BCUT2D eigenvalue weighted by atomic mass is 10.1. The molecule has 0 saturated carbocycles. The second-order valence-electron chi connectivity index (χ2n) is 10.5. The molecule has 0 radical (unpaired) electrons. The average molecular weight is 526 g/mol. The smallest absolute Gasteiger partial charge is 0.410 e. The minimum Gasteiger partial charge on any atom is -0.462 e. The summed E-state index contributed by atoms with van der Waals surface area (Å²) in [7, 11) is 2.08. The predicted molar refractivity (Wildman–Crippen MR) is 140 cm³/mol. The van der Waals surface area contributed by atoms with Crippen molar-refractivity contribution in [3.8, 4) is 18.1 Å². The lowest BCUT2D eigenvalue weighted by molar-refractivity contribution is 0.0145. The number of nitriles is 2. The number of amides is 1. The van der Waals surface area contributed by atoms with E-state index in [1.807, 2.05) is 25.7 Å². The van der Waals surface area contributed by atoms with Crippen LogP contribution < -0.4 is 9.64 Å². The number of piperazine rings is 1. The lowest BCUT2D eigenvalue weighted by Crippen LogP contribution is -2.56. The molecule has 0 bridgehead atoms. The molecule has 37 heavy (non-hydrogen) atoms. The van der Waals surface area contributed by atoms with Crippen LogP contribution in [-0.4, -0.2) is 83.4 Å². The minimum absolute atomic E-state index is 0.144. The Labute approximate surface area is 222 Å². The molecular weight excluding hydrogens is 494 g/mol. The van der Waals surface area contributed by atoms with Gasteiger partial charge in [-0.25, -0.2) is 4.79 Å². The first-order valence-electron chi connectivity index (χ1n) is 12.5. The van der Waals surface area contributed by atoms with Gasteiger partial charge >= 0.3 is 12.1 Å². The van der Waals surface area contributed by atoms with Crippen molar-refractivity contribution < 1.29 is 14.3 Å². The normalized spacial score (nSPS) is 20.5. The van der Waals surface area contributed by atoms with Crippen molar-refractivity contribution in [1.82, 2.24) is 19.8 Å². The Balaban J connectivity index is 1.66. The zero-order valence-electron chi connectivity index (χ0n) is 21.7. The number of nitrogens with zero attached hydrogens (tertiary/aromatic N) is 7. The standard InChI is InChI=1S/C26H32ClN7O3/c1-26(2,3)37-25(35)34-11-10-33(15-18(34)7-8-28)23-20-12-17(14-29)21(27)13-22(20)30-24(31-23)36-16-19-6-5-9-32(19)4/h12-13,18-19H,5-7,9-11,15-16H2,1-4H3/t18-,19-/m0/s1. The van der Waals surface area contributed by atoms with E-state index in [1.165, 1.54) is 0 Å². The third kappa shape index (κ3) is 6.15. The Morgan fingerprint density at radius 3 is 2.62 bits per heavy atom. The third-order valence-corrected chi connectivity index (χ3v) is 6.99. The number of anilines is 1. The van der Waals surface area contributed by atoms with Crippen molar-refractivity contribution in [3.63, 3.8) is 0 Å². The molecule has 2 aromatic rings. The van der Waals surface area contributed by atoms with E-state index in [-0.39, 0.29) is 12.4 Å². The molecule has 4 rings (SSSR count). The van der Waals surface area contributed by atoms with Gasteiger partial charge in [-0.1, -0.05) is 11.6 Å². The minimum atomic E-state index is -0.638. The molecule has 0 unspecified atom stereocenters. The molecule has 196 valence electrons. The van der Waals surface area contributed by atoms with Crippen LogP contribution in [0.4, 0.5) is 10.6 Å². The number of rotatable bonds is 5. The van der Waals surface area contributed by atoms with Crippen LogP contribution in [0, 0.1) is 22.7 Å². The quantitative estimate of drug-likeness (QED) is 0.571. The molecule has 0 spiro atoms. The maximum atomic E-state index is 12.8. The fourth-order valence-electron chi connectivity index (χ4n) is 4.75. The SMILES string of the molecule is CN1CCC[C@H]1COc1nc(N2CCN(C(=O)OC(C)(C)C)[C@@H](CC#N)C2)c2cc(C#N)c(Cl)cc2n1. The molecule has 11 heteroatoms. The van der Waals surface area contributed by atoms with Gasteiger partial charge in [0.05, 0.1) is 34.6 Å². The van der Waals surface area contributed by atoms with Crippen LogP contribution in [0.3, 0.4) is 0 Å². The van der Waals surface area contributed by atoms with Gasteiger partial charge in [0.15, 0.2) is 0 Å². The number of fused-ring (bicyclic) bond motifs is 1. The van der Waals surface area contributed by atoms with Gasteiger partial charge in [-0.15, -0.1) is 0 Å². The number of likely N-dealkylation sites (tertiary alicyclic amines) is 1. The summed E-state index contributed by atoms with van der Waals surface area (Å²) in [4.78, 5) is 28.1. The number of ether oxygens (including phenoxy) is 2. The summed E-state index contributed by atoms with van der Waals surface area (Å²) in [6.45, 7) is 8.13. The zero-order valence-corrected chi connectivity index (χ0v) is 22.5. The van der Waals surface area contributed by atoms with E-state index in [1.54, 1.807) is 17.0 Å².